The Bertz CT molecular complexity index is 788. The van der Waals surface area contributed by atoms with Crippen LogP contribution in [0.15, 0.2) is 29.4 Å². The second kappa shape index (κ2) is 8.11. The number of aliphatic carboxylic acids is 1. The Balaban J connectivity index is 2.08. The van der Waals surface area contributed by atoms with Crippen molar-refractivity contribution in [1.29, 1.82) is 0 Å². The van der Waals surface area contributed by atoms with Crippen LogP contribution in [0.5, 0.6) is 0 Å². The molecule has 2 rings (SSSR count). The summed E-state index contributed by atoms with van der Waals surface area (Å²) in [6.45, 7) is 7.48. The van der Waals surface area contributed by atoms with E-state index in [2.05, 4.69) is 15.3 Å². The average Bonchev–Trinajstić information content (AvgIpc) is 2.52. The zero-order valence-corrected chi connectivity index (χ0v) is 15.5. The summed E-state index contributed by atoms with van der Waals surface area (Å²) in [6.07, 6.45) is 0. The summed E-state index contributed by atoms with van der Waals surface area (Å²) in [5.41, 5.74) is 4.09. The molecule has 6 nitrogen and oxygen atoms in total. The van der Waals surface area contributed by atoms with E-state index in [0.717, 1.165) is 22.5 Å². The van der Waals surface area contributed by atoms with E-state index in [1.165, 1.54) is 11.8 Å². The highest BCUT2D eigenvalue weighted by atomic mass is 32.2. The molecular formula is C18H21N3O3S. The number of nitrogens with zero attached hydrogens (tertiary/aromatic N) is 2. The Hall–Kier alpha value is -2.41. The molecule has 0 aliphatic rings. The number of aromatic nitrogens is 2. The zero-order chi connectivity index (χ0) is 18.6. The largest absolute Gasteiger partial charge is 0.479 e. The van der Waals surface area contributed by atoms with E-state index in [0.29, 0.717) is 10.7 Å². The predicted octanol–water partition coefficient (Wildman–Crippen LogP) is 2.74. The fraction of sp³-hybridized carbons (Fsp3) is 0.333. The maximum atomic E-state index is 12.2. The van der Waals surface area contributed by atoms with Gasteiger partial charge in [-0.2, -0.15) is 0 Å². The number of hydrogen-bond donors (Lipinski definition) is 2. The van der Waals surface area contributed by atoms with Crippen molar-refractivity contribution in [3.05, 3.63) is 52.3 Å². The minimum Gasteiger partial charge on any atom is -0.479 e. The number of rotatable bonds is 6. The fourth-order valence-corrected chi connectivity index (χ4v) is 3.21. The van der Waals surface area contributed by atoms with Gasteiger partial charge in [0.25, 0.3) is 0 Å². The van der Waals surface area contributed by atoms with Crippen molar-refractivity contribution in [2.45, 2.75) is 38.9 Å². The molecule has 0 saturated heterocycles. The third-order valence-corrected chi connectivity index (χ3v) is 4.65. The van der Waals surface area contributed by atoms with E-state index in [1.54, 1.807) is 12.1 Å². The highest BCUT2D eigenvalue weighted by Gasteiger charge is 2.24. The van der Waals surface area contributed by atoms with Gasteiger partial charge in [0, 0.05) is 11.4 Å². The first kappa shape index (κ1) is 18.9. The lowest BCUT2D eigenvalue weighted by molar-refractivity contribution is -0.141. The van der Waals surface area contributed by atoms with Gasteiger partial charge >= 0.3 is 5.97 Å². The van der Waals surface area contributed by atoms with Crippen LogP contribution in [-0.2, 0) is 9.59 Å². The van der Waals surface area contributed by atoms with E-state index in [9.17, 15) is 14.7 Å². The van der Waals surface area contributed by atoms with Crippen molar-refractivity contribution < 1.29 is 14.7 Å². The van der Waals surface area contributed by atoms with Crippen molar-refractivity contribution in [2.75, 3.05) is 5.75 Å². The number of benzene rings is 1. The molecule has 7 heteroatoms. The molecule has 0 spiro atoms. The van der Waals surface area contributed by atoms with Crippen LogP contribution in [0.1, 0.15) is 34.1 Å². The number of nitrogens with one attached hydrogen (secondary N) is 1. The average molecular weight is 359 g/mol. The minimum atomic E-state index is -1.09. The summed E-state index contributed by atoms with van der Waals surface area (Å²) < 4.78 is 0. The Kier molecular flexibility index (Phi) is 6.14. The monoisotopic (exact) mass is 359 g/mol. The topological polar surface area (TPSA) is 92.2 Å². The van der Waals surface area contributed by atoms with E-state index in [-0.39, 0.29) is 11.7 Å². The van der Waals surface area contributed by atoms with Crippen molar-refractivity contribution >= 4 is 23.6 Å². The molecule has 0 aliphatic heterocycles. The standard InChI is InChI=1S/C18H21N3O3S/c1-10-6-5-7-14(13(10)4)16(17(23)24)21-15(22)9-25-18-19-11(2)8-12(3)20-18/h5-8,16H,9H2,1-4H3,(H,21,22)(H,23,24). The van der Waals surface area contributed by atoms with Gasteiger partial charge in [0.05, 0.1) is 5.75 Å². The van der Waals surface area contributed by atoms with Crippen LogP contribution < -0.4 is 5.32 Å². The SMILES string of the molecule is Cc1cc(C)nc(SCC(=O)NC(C(=O)O)c2cccc(C)c2C)n1. The number of carboxylic acid groups (broad SMARTS) is 1. The molecule has 1 aromatic carbocycles. The van der Waals surface area contributed by atoms with Crippen LogP contribution in [0.3, 0.4) is 0 Å². The molecule has 25 heavy (non-hydrogen) atoms. The van der Waals surface area contributed by atoms with Crippen LogP contribution in [0.25, 0.3) is 0 Å². The third kappa shape index (κ3) is 5.03. The first-order chi connectivity index (χ1) is 11.8. The van der Waals surface area contributed by atoms with Gasteiger partial charge in [-0.05, 0) is 50.5 Å². The highest BCUT2D eigenvalue weighted by molar-refractivity contribution is 7.99. The molecule has 0 bridgehead atoms. The smallest absolute Gasteiger partial charge is 0.330 e. The number of hydrogen-bond acceptors (Lipinski definition) is 5. The maximum Gasteiger partial charge on any atom is 0.330 e. The van der Waals surface area contributed by atoms with Gasteiger partial charge in [0.2, 0.25) is 5.91 Å². The first-order valence-corrected chi connectivity index (χ1v) is 8.80. The van der Waals surface area contributed by atoms with E-state index in [1.807, 2.05) is 39.8 Å². The molecule has 0 saturated carbocycles. The molecule has 0 fully saturated rings. The van der Waals surface area contributed by atoms with Crippen LogP contribution in [0, 0.1) is 27.7 Å². The van der Waals surface area contributed by atoms with E-state index >= 15 is 0 Å². The molecule has 1 heterocycles. The summed E-state index contributed by atoms with van der Waals surface area (Å²) in [4.78, 5) is 32.4. The lowest BCUT2D eigenvalue weighted by Gasteiger charge is -2.18. The third-order valence-electron chi connectivity index (χ3n) is 3.80. The van der Waals surface area contributed by atoms with Crippen LogP contribution in [0.2, 0.25) is 0 Å². The molecule has 0 radical (unpaired) electrons. The van der Waals surface area contributed by atoms with Gasteiger partial charge in [0.15, 0.2) is 11.2 Å². The number of amides is 1. The van der Waals surface area contributed by atoms with E-state index in [4.69, 9.17) is 0 Å². The number of aryl methyl sites for hydroxylation is 3. The number of carbonyl (C=O) groups is 2. The second-order valence-corrected chi connectivity index (χ2v) is 6.79. The first-order valence-electron chi connectivity index (χ1n) is 7.81. The normalized spacial score (nSPS) is 11.8. The van der Waals surface area contributed by atoms with Crippen LogP contribution in [0.4, 0.5) is 0 Å². The lowest BCUT2D eigenvalue weighted by atomic mass is 9.97. The Labute approximate surface area is 151 Å². The van der Waals surface area contributed by atoms with E-state index < -0.39 is 12.0 Å². The number of carbonyl (C=O) groups excluding carboxylic acids is 1. The Morgan fingerprint density at radius 1 is 1.16 bits per heavy atom. The van der Waals surface area contributed by atoms with Crippen molar-refractivity contribution in [2.24, 2.45) is 0 Å². The molecular weight excluding hydrogens is 338 g/mol. The summed E-state index contributed by atoms with van der Waals surface area (Å²) in [5.74, 6) is -1.41. The van der Waals surface area contributed by atoms with Crippen LogP contribution >= 0.6 is 11.8 Å². The second-order valence-electron chi connectivity index (χ2n) is 5.85. The predicted molar refractivity (Wildman–Crippen MR) is 96.7 cm³/mol. The van der Waals surface area contributed by atoms with Gasteiger partial charge in [-0.25, -0.2) is 14.8 Å². The molecule has 132 valence electrons. The summed E-state index contributed by atoms with van der Waals surface area (Å²) >= 11 is 1.19. The summed E-state index contributed by atoms with van der Waals surface area (Å²) in [7, 11) is 0. The van der Waals surface area contributed by atoms with Crippen molar-refractivity contribution in [3.63, 3.8) is 0 Å². The van der Waals surface area contributed by atoms with Crippen molar-refractivity contribution in [1.82, 2.24) is 15.3 Å². The molecule has 2 N–H and O–H groups in total. The van der Waals surface area contributed by atoms with Gasteiger partial charge in [-0.1, -0.05) is 30.0 Å². The molecule has 1 unspecified atom stereocenters. The summed E-state index contributed by atoms with van der Waals surface area (Å²) in [5, 5.41) is 12.6. The molecule has 1 aromatic heterocycles. The van der Waals surface area contributed by atoms with Gasteiger partial charge in [-0.15, -0.1) is 0 Å². The summed E-state index contributed by atoms with van der Waals surface area (Å²) in [6, 6.07) is 6.20. The lowest BCUT2D eigenvalue weighted by Crippen LogP contribution is -2.35. The van der Waals surface area contributed by atoms with Crippen LogP contribution in [-0.4, -0.2) is 32.7 Å². The number of thioether (sulfide) groups is 1. The molecule has 0 aliphatic carbocycles. The fourth-order valence-electron chi connectivity index (χ4n) is 2.45. The zero-order valence-electron chi connectivity index (χ0n) is 14.7. The Morgan fingerprint density at radius 2 is 1.80 bits per heavy atom. The van der Waals surface area contributed by atoms with Crippen molar-refractivity contribution in [3.8, 4) is 0 Å². The molecule has 2 aromatic rings. The van der Waals surface area contributed by atoms with Gasteiger partial charge in [0.1, 0.15) is 0 Å². The minimum absolute atomic E-state index is 0.0531. The van der Waals surface area contributed by atoms with Gasteiger partial charge < -0.3 is 10.4 Å². The Morgan fingerprint density at radius 3 is 2.40 bits per heavy atom. The molecule has 1 amide bonds. The molecule has 1 atom stereocenters. The van der Waals surface area contributed by atoms with Gasteiger partial charge in [-0.3, -0.25) is 4.79 Å². The quantitative estimate of drug-likeness (QED) is 0.609. The highest BCUT2D eigenvalue weighted by Crippen LogP contribution is 2.21. The number of carboxylic acids is 1. The maximum absolute atomic E-state index is 12.2.